The number of benzene rings is 2. The van der Waals surface area contributed by atoms with Crippen molar-refractivity contribution in [2.45, 2.75) is 53.0 Å². The van der Waals surface area contributed by atoms with Crippen LogP contribution in [-0.2, 0) is 14.3 Å². The van der Waals surface area contributed by atoms with Crippen molar-refractivity contribution in [3.63, 3.8) is 0 Å². The number of esters is 1. The van der Waals surface area contributed by atoms with E-state index in [1.54, 1.807) is 5.01 Å². The molecule has 2 aromatic rings. The minimum absolute atomic E-state index is 0.00155. The molecular weight excluding hydrogens is 426 g/mol. The van der Waals surface area contributed by atoms with E-state index in [2.05, 4.69) is 56.0 Å². The molecule has 0 N–H and O–H groups in total. The molecule has 2 aliphatic rings. The van der Waals surface area contributed by atoms with E-state index < -0.39 is 0 Å². The third-order valence-electron chi connectivity index (χ3n) is 7.12. The van der Waals surface area contributed by atoms with Crippen LogP contribution in [0.4, 0.5) is 0 Å². The fourth-order valence-electron chi connectivity index (χ4n) is 4.89. The van der Waals surface area contributed by atoms with Gasteiger partial charge < -0.3 is 4.74 Å². The van der Waals surface area contributed by atoms with Crippen molar-refractivity contribution >= 4 is 17.6 Å². The molecule has 0 aliphatic carbocycles. The predicted octanol–water partition coefficient (Wildman–Crippen LogP) is 4.56. The van der Waals surface area contributed by atoms with E-state index in [9.17, 15) is 9.59 Å². The van der Waals surface area contributed by atoms with Gasteiger partial charge in [-0.15, -0.1) is 0 Å². The number of carbonyl (C=O) groups is 2. The number of hydrazone groups is 1. The third kappa shape index (κ3) is 5.22. The Bertz CT molecular complexity index is 1090. The van der Waals surface area contributed by atoms with Crippen molar-refractivity contribution in [2.75, 3.05) is 26.2 Å². The summed E-state index contributed by atoms with van der Waals surface area (Å²) in [7, 11) is 0. The molecular formula is C28H35N3O3. The average molecular weight is 462 g/mol. The lowest BCUT2D eigenvalue weighted by Gasteiger charge is -2.32. The van der Waals surface area contributed by atoms with Gasteiger partial charge in [0, 0.05) is 6.42 Å². The van der Waals surface area contributed by atoms with Crippen LogP contribution in [0, 0.1) is 26.7 Å². The molecule has 0 bridgehead atoms. The molecule has 0 radical (unpaired) electrons. The molecule has 0 unspecified atom stereocenters. The first-order valence-electron chi connectivity index (χ1n) is 12.3. The maximum Gasteiger partial charge on any atom is 0.309 e. The lowest BCUT2D eigenvalue weighted by Crippen LogP contribution is -2.43. The summed E-state index contributed by atoms with van der Waals surface area (Å²) < 4.78 is 5.17. The molecule has 0 spiro atoms. The molecule has 2 aromatic carbocycles. The van der Waals surface area contributed by atoms with Gasteiger partial charge in [-0.05, 0) is 87.5 Å². The van der Waals surface area contributed by atoms with Crippen LogP contribution < -0.4 is 0 Å². The number of ether oxygens (including phenoxy) is 1. The van der Waals surface area contributed by atoms with Crippen LogP contribution in [0.15, 0.2) is 47.6 Å². The van der Waals surface area contributed by atoms with Gasteiger partial charge in [-0.3, -0.25) is 14.5 Å². The number of likely N-dealkylation sites (tertiary alicyclic amines) is 1. The maximum absolute atomic E-state index is 13.5. The Balaban J connectivity index is 1.52. The molecule has 1 saturated heterocycles. The van der Waals surface area contributed by atoms with Crippen LogP contribution in [-0.4, -0.2) is 53.7 Å². The molecule has 2 aliphatic heterocycles. The highest BCUT2D eigenvalue weighted by atomic mass is 16.5. The number of carbonyl (C=O) groups excluding carboxylic acids is 2. The van der Waals surface area contributed by atoms with E-state index in [0.717, 1.165) is 35.2 Å². The quantitative estimate of drug-likeness (QED) is 0.592. The Hall–Kier alpha value is -2.99. The second-order valence-corrected chi connectivity index (χ2v) is 9.46. The summed E-state index contributed by atoms with van der Waals surface area (Å²) in [5.74, 6) is -0.177. The van der Waals surface area contributed by atoms with Crippen molar-refractivity contribution < 1.29 is 14.3 Å². The van der Waals surface area contributed by atoms with E-state index in [1.165, 1.54) is 11.1 Å². The first-order valence-corrected chi connectivity index (χ1v) is 12.3. The molecule has 34 heavy (non-hydrogen) atoms. The number of nitrogens with zero attached hydrogens (tertiary/aromatic N) is 3. The van der Waals surface area contributed by atoms with E-state index in [4.69, 9.17) is 9.84 Å². The summed E-state index contributed by atoms with van der Waals surface area (Å²) >= 11 is 0. The van der Waals surface area contributed by atoms with Crippen LogP contribution in [0.5, 0.6) is 0 Å². The summed E-state index contributed by atoms with van der Waals surface area (Å²) in [5, 5.41) is 6.56. The fourth-order valence-corrected chi connectivity index (χ4v) is 4.89. The Labute approximate surface area is 202 Å². The van der Waals surface area contributed by atoms with Gasteiger partial charge >= 0.3 is 5.97 Å². The predicted molar refractivity (Wildman–Crippen MR) is 134 cm³/mol. The van der Waals surface area contributed by atoms with E-state index in [-0.39, 0.29) is 23.8 Å². The zero-order valence-electron chi connectivity index (χ0n) is 20.7. The monoisotopic (exact) mass is 461 g/mol. The smallest absolute Gasteiger partial charge is 0.309 e. The molecule has 0 saturated carbocycles. The lowest BCUT2D eigenvalue weighted by atomic mass is 9.94. The van der Waals surface area contributed by atoms with Crippen molar-refractivity contribution in [2.24, 2.45) is 11.0 Å². The van der Waals surface area contributed by atoms with Crippen molar-refractivity contribution in [1.82, 2.24) is 9.91 Å². The summed E-state index contributed by atoms with van der Waals surface area (Å²) in [6.07, 6.45) is 2.15. The minimum Gasteiger partial charge on any atom is -0.466 e. The zero-order chi connectivity index (χ0) is 24.2. The van der Waals surface area contributed by atoms with Crippen LogP contribution in [0.3, 0.4) is 0 Å². The Morgan fingerprint density at radius 3 is 2.41 bits per heavy atom. The number of piperidine rings is 1. The molecule has 1 atom stereocenters. The summed E-state index contributed by atoms with van der Waals surface area (Å²) in [6.45, 7) is 10.3. The van der Waals surface area contributed by atoms with Gasteiger partial charge in [0.25, 0.3) is 5.91 Å². The van der Waals surface area contributed by atoms with Gasteiger partial charge in [-0.25, -0.2) is 5.01 Å². The van der Waals surface area contributed by atoms with Gasteiger partial charge in [-0.1, -0.05) is 36.4 Å². The highest BCUT2D eigenvalue weighted by molar-refractivity contribution is 6.03. The van der Waals surface area contributed by atoms with E-state index >= 15 is 0 Å². The van der Waals surface area contributed by atoms with Crippen molar-refractivity contribution in [3.05, 3.63) is 70.3 Å². The minimum atomic E-state index is -0.115. The Kier molecular flexibility index (Phi) is 7.47. The van der Waals surface area contributed by atoms with E-state index in [1.807, 2.05) is 19.1 Å². The number of amides is 1. The Morgan fingerprint density at radius 2 is 1.74 bits per heavy atom. The second-order valence-electron chi connectivity index (χ2n) is 9.46. The summed E-state index contributed by atoms with van der Waals surface area (Å²) in [6, 6.07) is 14.5. The topological polar surface area (TPSA) is 62.2 Å². The number of hydrogen-bond acceptors (Lipinski definition) is 5. The van der Waals surface area contributed by atoms with Crippen LogP contribution in [0.1, 0.15) is 60.0 Å². The normalized spacial score (nSPS) is 19.2. The highest BCUT2D eigenvalue weighted by Crippen LogP contribution is 2.35. The largest absolute Gasteiger partial charge is 0.466 e. The van der Waals surface area contributed by atoms with Gasteiger partial charge in [0.1, 0.15) is 0 Å². The molecule has 4 rings (SSSR count). The highest BCUT2D eigenvalue weighted by Gasteiger charge is 2.35. The molecule has 6 nitrogen and oxygen atoms in total. The maximum atomic E-state index is 13.5. The van der Waals surface area contributed by atoms with Crippen molar-refractivity contribution in [3.8, 4) is 0 Å². The average Bonchev–Trinajstić information content (AvgIpc) is 3.27. The SMILES string of the molecule is CCOC(=O)C1CCN(CC(=O)N2N=C(c3ccc(C)c(C)c3)C[C@@H]2c2ccccc2C)CC1. The van der Waals surface area contributed by atoms with Gasteiger partial charge in [0.15, 0.2) is 0 Å². The first-order chi connectivity index (χ1) is 16.4. The van der Waals surface area contributed by atoms with Gasteiger partial charge in [0.2, 0.25) is 0 Å². The zero-order valence-corrected chi connectivity index (χ0v) is 20.7. The molecule has 1 fully saturated rings. The van der Waals surface area contributed by atoms with E-state index in [0.29, 0.717) is 32.7 Å². The van der Waals surface area contributed by atoms with Gasteiger partial charge in [-0.2, -0.15) is 5.10 Å². The van der Waals surface area contributed by atoms with Crippen LogP contribution in [0.25, 0.3) is 0 Å². The molecule has 180 valence electrons. The van der Waals surface area contributed by atoms with Crippen molar-refractivity contribution in [1.29, 1.82) is 0 Å². The van der Waals surface area contributed by atoms with Crippen LogP contribution >= 0.6 is 0 Å². The number of rotatable bonds is 6. The number of hydrogen-bond donors (Lipinski definition) is 0. The second kappa shape index (κ2) is 10.5. The molecule has 1 amide bonds. The lowest BCUT2D eigenvalue weighted by molar-refractivity contribution is -0.149. The summed E-state index contributed by atoms with van der Waals surface area (Å²) in [5.41, 5.74) is 6.80. The Morgan fingerprint density at radius 1 is 1.00 bits per heavy atom. The van der Waals surface area contributed by atoms with Crippen LogP contribution in [0.2, 0.25) is 0 Å². The summed E-state index contributed by atoms with van der Waals surface area (Å²) in [4.78, 5) is 27.7. The standard InChI is InChI=1S/C28H35N3O3/c1-5-34-28(33)22-12-14-30(15-13-22)18-27(32)31-26(24-9-7-6-8-20(24)3)17-25(29-31)23-11-10-19(2)21(4)16-23/h6-11,16,22,26H,5,12-15,17-18H2,1-4H3/t26-/m1/s1. The molecule has 0 aromatic heterocycles. The third-order valence-corrected chi connectivity index (χ3v) is 7.12. The van der Waals surface area contributed by atoms with Gasteiger partial charge in [0.05, 0.1) is 30.8 Å². The fraction of sp³-hybridized carbons (Fsp3) is 0.464. The molecule has 2 heterocycles. The molecule has 6 heteroatoms. The first kappa shape index (κ1) is 24.1. The number of aryl methyl sites for hydroxylation is 3.